The van der Waals surface area contributed by atoms with Crippen LogP contribution in [-0.4, -0.2) is 99.1 Å². The second-order valence-electron chi connectivity index (χ2n) is 16.1. The number of ether oxygens (including phenoxy) is 7. The first kappa shape index (κ1) is 33.8. The molecule has 4 heterocycles. The molecule has 14 atom stereocenters. The third-order valence-corrected chi connectivity index (χ3v) is 13.5. The Morgan fingerprint density at radius 3 is 2.36 bits per heavy atom. The lowest BCUT2D eigenvalue weighted by molar-refractivity contribution is -0.429. The van der Waals surface area contributed by atoms with E-state index in [9.17, 15) is 34.5 Å². The Hall–Kier alpha value is -3.34. The van der Waals surface area contributed by atoms with Crippen molar-refractivity contribution in [3.05, 3.63) is 35.8 Å². The normalized spacial score (nSPS) is 51.0. The average molecular weight is 703 g/mol. The Kier molecular flexibility index (Phi) is 6.45. The molecular formula is C35H42O15. The summed E-state index contributed by atoms with van der Waals surface area (Å²) in [4.78, 5) is 53.7. The highest BCUT2D eigenvalue weighted by molar-refractivity contribution is 5.86. The molecule has 0 amide bonds. The third-order valence-electron chi connectivity index (χ3n) is 13.5. The second kappa shape index (κ2) is 9.55. The van der Waals surface area contributed by atoms with Crippen LogP contribution in [0, 0.1) is 28.1 Å². The predicted molar refractivity (Wildman–Crippen MR) is 162 cm³/mol. The van der Waals surface area contributed by atoms with Gasteiger partial charge >= 0.3 is 23.9 Å². The molecule has 6 fully saturated rings. The number of hydrogen-bond donors (Lipinski definition) is 3. The summed E-state index contributed by atoms with van der Waals surface area (Å²) < 4.78 is 48.9. The number of fused-ring (bicyclic) bond motifs is 5. The highest BCUT2D eigenvalue weighted by Crippen LogP contribution is 2.87. The molecule has 5 bridgehead atoms. The maximum atomic E-state index is 13.7. The Bertz CT molecular complexity index is 1750. The summed E-state index contributed by atoms with van der Waals surface area (Å²) in [6, 6.07) is 1.64. The Morgan fingerprint density at radius 2 is 1.76 bits per heavy atom. The number of rotatable bonds is 6. The summed E-state index contributed by atoms with van der Waals surface area (Å²) in [5.41, 5.74) is -13.3. The van der Waals surface area contributed by atoms with Gasteiger partial charge in [-0.25, -0.2) is 9.59 Å². The molecule has 272 valence electrons. The van der Waals surface area contributed by atoms with Gasteiger partial charge in [-0.2, -0.15) is 0 Å². The van der Waals surface area contributed by atoms with Gasteiger partial charge < -0.3 is 52.9 Å². The van der Waals surface area contributed by atoms with Crippen molar-refractivity contribution in [2.75, 3.05) is 7.11 Å². The number of esters is 4. The van der Waals surface area contributed by atoms with Gasteiger partial charge in [-0.05, 0) is 25.0 Å². The number of carbonyl (C=O) groups excluding carboxylic acids is 4. The number of carbonyl (C=O) groups is 4. The fraction of sp³-hybridized carbons (Fsp3) is 0.714. The fourth-order valence-corrected chi connectivity index (χ4v) is 11.9. The van der Waals surface area contributed by atoms with E-state index >= 15 is 0 Å². The molecule has 50 heavy (non-hydrogen) atoms. The largest absolute Gasteiger partial charge is 0.472 e. The minimum atomic E-state index is -2.72. The number of aliphatic hydroxyl groups is 3. The molecule has 3 N–H and O–H groups in total. The van der Waals surface area contributed by atoms with Crippen molar-refractivity contribution in [2.24, 2.45) is 28.1 Å². The van der Waals surface area contributed by atoms with Gasteiger partial charge in [0, 0.05) is 48.7 Å². The number of hydrogen-bond acceptors (Lipinski definition) is 15. The first-order chi connectivity index (χ1) is 23.2. The molecule has 1 aromatic rings. The first-order valence-corrected chi connectivity index (χ1v) is 16.8. The summed E-state index contributed by atoms with van der Waals surface area (Å²) in [5, 5.41) is 39.0. The molecule has 4 aliphatic carbocycles. The predicted octanol–water partition coefficient (Wildman–Crippen LogP) is 1.37. The van der Waals surface area contributed by atoms with Crippen molar-refractivity contribution in [2.45, 2.75) is 120 Å². The molecule has 3 aliphatic heterocycles. The Labute approximate surface area is 287 Å². The zero-order chi connectivity index (χ0) is 36.4. The van der Waals surface area contributed by atoms with Crippen LogP contribution in [0.25, 0.3) is 0 Å². The van der Waals surface area contributed by atoms with E-state index in [0.29, 0.717) is 5.56 Å². The molecule has 4 saturated carbocycles. The minimum absolute atomic E-state index is 0.121. The number of furan rings is 1. The van der Waals surface area contributed by atoms with E-state index in [1.807, 2.05) is 0 Å². The van der Waals surface area contributed by atoms with Crippen molar-refractivity contribution >= 4 is 23.9 Å². The Morgan fingerprint density at radius 1 is 1.06 bits per heavy atom. The van der Waals surface area contributed by atoms with Crippen molar-refractivity contribution in [3.8, 4) is 0 Å². The highest BCUT2D eigenvalue weighted by Gasteiger charge is 3.02. The lowest BCUT2D eigenvalue weighted by Gasteiger charge is -2.75. The van der Waals surface area contributed by atoms with E-state index < -0.39 is 111 Å². The third kappa shape index (κ3) is 3.26. The van der Waals surface area contributed by atoms with Crippen molar-refractivity contribution in [3.63, 3.8) is 0 Å². The molecular weight excluding hydrogens is 660 g/mol. The molecule has 2 saturated heterocycles. The molecule has 15 heteroatoms. The maximum absolute atomic E-state index is 13.7. The quantitative estimate of drug-likeness (QED) is 0.283. The van der Waals surface area contributed by atoms with Crippen LogP contribution in [0.4, 0.5) is 0 Å². The van der Waals surface area contributed by atoms with E-state index in [0.717, 1.165) is 14.0 Å². The van der Waals surface area contributed by atoms with Gasteiger partial charge in [0.05, 0.1) is 43.2 Å². The van der Waals surface area contributed by atoms with Gasteiger partial charge in [0.2, 0.25) is 6.10 Å². The standard InChI is InChI=1S/C35H42O15/c1-15(2)24(38)47-27-34(42)26(40)28(4)14-32(34,41)30(6,22(28)21(25(39)43-8)45-16(3)36)33-12-19-29(5)18(35(27,33)50-31(7,48-19)49-33)11-20(37)46-23(29)17-9-10-44-13-17/h9-11,13,15,19,21-23,26-27,40-42H,12,14H2,1-8H3/t19-,21+,22-,23-,26-,27+,28-,29-,30+,31?,32+,33-,34-,35+/m0/s1. The van der Waals surface area contributed by atoms with Crippen molar-refractivity contribution in [1.29, 1.82) is 0 Å². The van der Waals surface area contributed by atoms with Crippen LogP contribution in [0.1, 0.15) is 73.0 Å². The van der Waals surface area contributed by atoms with Gasteiger partial charge in [-0.3, -0.25) is 9.59 Å². The molecule has 1 unspecified atom stereocenters. The monoisotopic (exact) mass is 702 g/mol. The van der Waals surface area contributed by atoms with E-state index in [1.54, 1.807) is 40.7 Å². The van der Waals surface area contributed by atoms with Gasteiger partial charge in [0.25, 0.3) is 5.97 Å². The van der Waals surface area contributed by atoms with E-state index in [4.69, 9.17) is 37.6 Å². The molecule has 0 radical (unpaired) electrons. The molecule has 1 aromatic heterocycles. The average Bonchev–Trinajstić information content (AvgIpc) is 3.71. The summed E-state index contributed by atoms with van der Waals surface area (Å²) in [5.74, 6) is -7.42. The van der Waals surface area contributed by atoms with E-state index in [-0.39, 0.29) is 18.4 Å². The van der Waals surface area contributed by atoms with Crippen LogP contribution in [-0.2, 0) is 52.3 Å². The summed E-state index contributed by atoms with van der Waals surface area (Å²) in [7, 11) is 1.11. The van der Waals surface area contributed by atoms with Gasteiger partial charge in [-0.15, -0.1) is 0 Å². The first-order valence-electron chi connectivity index (χ1n) is 16.8. The lowest BCUT2D eigenvalue weighted by Crippen LogP contribution is -2.93. The van der Waals surface area contributed by atoms with Crippen LogP contribution in [0.15, 0.2) is 34.7 Å². The summed E-state index contributed by atoms with van der Waals surface area (Å²) >= 11 is 0. The smallest absolute Gasteiger partial charge is 0.347 e. The van der Waals surface area contributed by atoms with Crippen LogP contribution in [0.3, 0.4) is 0 Å². The fourth-order valence-electron chi connectivity index (χ4n) is 11.9. The van der Waals surface area contributed by atoms with Gasteiger partial charge in [-0.1, -0.05) is 27.7 Å². The number of aliphatic hydroxyl groups excluding tert-OH is 1. The SMILES string of the molecule is COC(=O)[C@H](OC(C)=O)[C@H]1[C@]2(C)C[C@]3(O)[C@@](O)([C@@H](OC(=O)C(C)C)[C@@]45OC6(C)O[C@@H](C[C@]4(O6)[C@]13C)[C@]1(C)C5=CC(=O)O[C@H]1c1ccoc1)[C@H]2O. The molecule has 15 nitrogen and oxygen atoms in total. The molecule has 8 rings (SSSR count). The second-order valence-corrected chi connectivity index (χ2v) is 16.1. The zero-order valence-electron chi connectivity index (χ0n) is 29.0. The number of methoxy groups -OCH3 is 1. The van der Waals surface area contributed by atoms with Crippen LogP contribution < -0.4 is 0 Å². The topological polar surface area (TPSA) is 207 Å². The molecule has 1 spiro atoms. The van der Waals surface area contributed by atoms with Gasteiger partial charge in [0.15, 0.2) is 17.3 Å². The van der Waals surface area contributed by atoms with Crippen LogP contribution >= 0.6 is 0 Å². The highest BCUT2D eigenvalue weighted by atomic mass is 16.9. The van der Waals surface area contributed by atoms with Crippen molar-refractivity contribution in [1.82, 2.24) is 0 Å². The van der Waals surface area contributed by atoms with Crippen molar-refractivity contribution < 1.29 is 72.1 Å². The lowest BCUT2D eigenvalue weighted by atomic mass is 9.34. The molecule has 0 aromatic carbocycles. The minimum Gasteiger partial charge on any atom is -0.472 e. The van der Waals surface area contributed by atoms with E-state index in [1.165, 1.54) is 25.5 Å². The van der Waals surface area contributed by atoms with E-state index in [2.05, 4.69) is 0 Å². The zero-order valence-corrected chi connectivity index (χ0v) is 29.0. The summed E-state index contributed by atoms with van der Waals surface area (Å²) in [6.07, 6.45) is -3.91. The molecule has 7 aliphatic rings. The number of cyclic esters (lactones) is 1. The maximum Gasteiger partial charge on any atom is 0.347 e. The Balaban J connectivity index is 1.49. The summed E-state index contributed by atoms with van der Waals surface area (Å²) in [6.45, 7) is 10.7. The van der Waals surface area contributed by atoms with Crippen LogP contribution in [0.5, 0.6) is 0 Å². The van der Waals surface area contributed by atoms with Gasteiger partial charge in [0.1, 0.15) is 17.3 Å². The van der Waals surface area contributed by atoms with Crippen LogP contribution in [0.2, 0.25) is 0 Å².